The van der Waals surface area contributed by atoms with E-state index in [1.165, 1.54) is 5.56 Å². The molecule has 1 saturated heterocycles. The maximum atomic E-state index is 12.6. The zero-order valence-corrected chi connectivity index (χ0v) is 19.8. The zero-order valence-electron chi connectivity index (χ0n) is 19.0. The summed E-state index contributed by atoms with van der Waals surface area (Å²) in [6.45, 7) is 4.90. The first-order valence-corrected chi connectivity index (χ1v) is 11.8. The molecule has 2 N–H and O–H groups in total. The van der Waals surface area contributed by atoms with E-state index in [1.807, 2.05) is 49.4 Å². The molecule has 0 unspecified atom stereocenters. The molecule has 5 rings (SSSR count). The molecule has 6 nitrogen and oxygen atoms in total. The van der Waals surface area contributed by atoms with Gasteiger partial charge in [0.1, 0.15) is 11.5 Å². The Bertz CT molecular complexity index is 1320. The van der Waals surface area contributed by atoms with Crippen molar-refractivity contribution in [3.63, 3.8) is 0 Å². The Morgan fingerprint density at radius 3 is 2.59 bits per heavy atom. The minimum atomic E-state index is -0.178. The number of rotatable bonds is 7. The molecule has 174 valence electrons. The number of nitrogens with one attached hydrogen (secondary N) is 2. The summed E-state index contributed by atoms with van der Waals surface area (Å²) in [5.74, 6) is 2.42. The van der Waals surface area contributed by atoms with E-state index in [9.17, 15) is 4.79 Å². The van der Waals surface area contributed by atoms with Crippen LogP contribution in [0.15, 0.2) is 82.0 Å². The predicted octanol–water partition coefficient (Wildman–Crippen LogP) is 5.32. The van der Waals surface area contributed by atoms with Crippen molar-refractivity contribution in [2.75, 3.05) is 18.4 Å². The van der Waals surface area contributed by atoms with Gasteiger partial charge in [0.25, 0.3) is 5.56 Å². The van der Waals surface area contributed by atoms with E-state index in [4.69, 9.17) is 21.0 Å². The van der Waals surface area contributed by atoms with Gasteiger partial charge in [0.2, 0.25) is 5.95 Å². The maximum absolute atomic E-state index is 12.6. The van der Waals surface area contributed by atoms with E-state index in [1.54, 1.807) is 6.07 Å². The van der Waals surface area contributed by atoms with Crippen molar-refractivity contribution in [3.8, 4) is 0 Å². The lowest BCUT2D eigenvalue weighted by Gasteiger charge is -2.17. The van der Waals surface area contributed by atoms with Crippen LogP contribution in [-0.4, -0.2) is 28.0 Å². The Morgan fingerprint density at radius 1 is 1.06 bits per heavy atom. The van der Waals surface area contributed by atoms with Crippen LogP contribution in [-0.2, 0) is 13.1 Å². The average molecular weight is 475 g/mol. The van der Waals surface area contributed by atoms with Gasteiger partial charge < -0.3 is 9.73 Å². The second-order valence-electron chi connectivity index (χ2n) is 8.80. The molecule has 3 heterocycles. The van der Waals surface area contributed by atoms with E-state index in [-0.39, 0.29) is 17.4 Å². The monoisotopic (exact) mass is 474 g/mol. The highest BCUT2D eigenvalue weighted by Crippen LogP contribution is 2.40. The van der Waals surface area contributed by atoms with Crippen LogP contribution >= 0.6 is 11.6 Å². The lowest BCUT2D eigenvalue weighted by Crippen LogP contribution is -2.21. The third-order valence-corrected chi connectivity index (χ3v) is 6.69. The quantitative estimate of drug-likeness (QED) is 0.379. The SMILES string of the molecule is Cc1ccc([C@@H]2CN(Cc3ccccc3)C[C@@H]2c2cc(=O)[nH]c(NCc3ccccc3Cl)n2)o1. The van der Waals surface area contributed by atoms with Crippen LogP contribution < -0.4 is 10.9 Å². The highest BCUT2D eigenvalue weighted by Gasteiger charge is 2.38. The van der Waals surface area contributed by atoms with Crippen molar-refractivity contribution in [2.45, 2.75) is 31.8 Å². The van der Waals surface area contributed by atoms with Gasteiger partial charge in [0, 0.05) is 49.1 Å². The molecule has 0 aliphatic carbocycles. The molecule has 0 spiro atoms. The first-order chi connectivity index (χ1) is 16.5. The minimum Gasteiger partial charge on any atom is -0.466 e. The van der Waals surface area contributed by atoms with Crippen molar-refractivity contribution in [1.29, 1.82) is 0 Å². The van der Waals surface area contributed by atoms with Gasteiger partial charge >= 0.3 is 0 Å². The van der Waals surface area contributed by atoms with Gasteiger partial charge in [-0.1, -0.05) is 60.1 Å². The molecule has 0 radical (unpaired) electrons. The number of anilines is 1. The normalized spacial score (nSPS) is 18.3. The summed E-state index contributed by atoms with van der Waals surface area (Å²) < 4.78 is 6.03. The van der Waals surface area contributed by atoms with Crippen LogP contribution in [0.4, 0.5) is 5.95 Å². The Balaban J connectivity index is 1.41. The fraction of sp³-hybridized carbons (Fsp3) is 0.259. The number of hydrogen-bond donors (Lipinski definition) is 2. The molecule has 1 aliphatic rings. The number of aromatic nitrogens is 2. The summed E-state index contributed by atoms with van der Waals surface area (Å²) in [5.41, 5.74) is 2.79. The van der Waals surface area contributed by atoms with E-state index in [2.05, 4.69) is 39.5 Å². The molecular weight excluding hydrogens is 448 g/mol. The summed E-state index contributed by atoms with van der Waals surface area (Å²) in [6, 6.07) is 23.7. The third-order valence-electron chi connectivity index (χ3n) is 6.32. The number of nitrogens with zero attached hydrogens (tertiary/aromatic N) is 2. The van der Waals surface area contributed by atoms with Gasteiger partial charge in [0.15, 0.2) is 0 Å². The highest BCUT2D eigenvalue weighted by molar-refractivity contribution is 6.31. The summed E-state index contributed by atoms with van der Waals surface area (Å²) in [5, 5.41) is 3.90. The number of benzene rings is 2. The molecule has 2 atom stereocenters. The summed E-state index contributed by atoms with van der Waals surface area (Å²) >= 11 is 6.28. The Morgan fingerprint density at radius 2 is 1.82 bits per heavy atom. The molecule has 2 aromatic heterocycles. The third kappa shape index (κ3) is 5.08. The van der Waals surface area contributed by atoms with Crippen LogP contribution in [0.3, 0.4) is 0 Å². The van der Waals surface area contributed by atoms with Crippen LogP contribution in [0.5, 0.6) is 0 Å². The van der Waals surface area contributed by atoms with Gasteiger partial charge in [-0.05, 0) is 36.2 Å². The number of aryl methyl sites for hydroxylation is 1. The number of likely N-dealkylation sites (tertiary alicyclic amines) is 1. The minimum absolute atomic E-state index is 0.0393. The smallest absolute Gasteiger partial charge is 0.252 e. The fourth-order valence-corrected chi connectivity index (χ4v) is 4.87. The van der Waals surface area contributed by atoms with Gasteiger partial charge in [-0.15, -0.1) is 0 Å². The van der Waals surface area contributed by atoms with Gasteiger partial charge in [-0.3, -0.25) is 14.7 Å². The predicted molar refractivity (Wildman–Crippen MR) is 134 cm³/mol. The molecular formula is C27H27ClN4O2. The lowest BCUT2D eigenvalue weighted by molar-refractivity contribution is 0.319. The number of H-pyrrole nitrogens is 1. The van der Waals surface area contributed by atoms with Crippen LogP contribution in [0.2, 0.25) is 5.02 Å². The van der Waals surface area contributed by atoms with Crippen molar-refractivity contribution in [3.05, 3.63) is 117 Å². The summed E-state index contributed by atoms with van der Waals surface area (Å²) in [7, 11) is 0. The molecule has 1 aliphatic heterocycles. The standard InChI is InChI=1S/C27H27ClN4O2/c1-18-11-12-25(34-18)22-17-32(15-19-7-3-2-4-8-19)16-21(22)24-13-26(33)31-27(30-24)29-14-20-9-5-6-10-23(20)28/h2-13,21-22H,14-17H2,1H3,(H2,29,30,31,33)/t21-,22+/m0/s1. The maximum Gasteiger partial charge on any atom is 0.252 e. The molecule has 0 saturated carbocycles. The highest BCUT2D eigenvalue weighted by atomic mass is 35.5. The van der Waals surface area contributed by atoms with Gasteiger partial charge in [0.05, 0.1) is 5.69 Å². The molecule has 7 heteroatoms. The van der Waals surface area contributed by atoms with Crippen molar-refractivity contribution in [2.24, 2.45) is 0 Å². The van der Waals surface area contributed by atoms with Crippen LogP contribution in [0.1, 0.15) is 40.2 Å². The van der Waals surface area contributed by atoms with E-state index < -0.39 is 0 Å². The zero-order chi connectivity index (χ0) is 23.5. The molecule has 2 aromatic carbocycles. The number of hydrogen-bond acceptors (Lipinski definition) is 5. The molecule has 4 aromatic rings. The molecule has 0 amide bonds. The van der Waals surface area contributed by atoms with E-state index in [0.29, 0.717) is 17.5 Å². The fourth-order valence-electron chi connectivity index (χ4n) is 4.67. The summed E-state index contributed by atoms with van der Waals surface area (Å²) in [6.07, 6.45) is 0. The van der Waals surface area contributed by atoms with Crippen LogP contribution in [0.25, 0.3) is 0 Å². The Hall–Kier alpha value is -3.35. The second-order valence-corrected chi connectivity index (χ2v) is 9.21. The topological polar surface area (TPSA) is 74.2 Å². The lowest BCUT2D eigenvalue weighted by atomic mass is 9.90. The van der Waals surface area contributed by atoms with E-state index in [0.717, 1.165) is 42.4 Å². The molecule has 34 heavy (non-hydrogen) atoms. The molecule has 0 bridgehead atoms. The number of furan rings is 1. The van der Waals surface area contributed by atoms with Gasteiger partial charge in [-0.25, -0.2) is 4.98 Å². The summed E-state index contributed by atoms with van der Waals surface area (Å²) in [4.78, 5) is 22.6. The first-order valence-electron chi connectivity index (χ1n) is 11.5. The van der Waals surface area contributed by atoms with Crippen LogP contribution in [0, 0.1) is 6.92 Å². The Kier molecular flexibility index (Phi) is 6.52. The first kappa shape index (κ1) is 22.4. The van der Waals surface area contributed by atoms with E-state index >= 15 is 0 Å². The second kappa shape index (κ2) is 9.87. The van der Waals surface area contributed by atoms with Crippen molar-refractivity contribution in [1.82, 2.24) is 14.9 Å². The number of aromatic amines is 1. The van der Waals surface area contributed by atoms with Crippen molar-refractivity contribution < 1.29 is 4.42 Å². The average Bonchev–Trinajstić information content (AvgIpc) is 3.45. The van der Waals surface area contributed by atoms with Gasteiger partial charge in [-0.2, -0.15) is 0 Å². The Labute approximate surface area is 203 Å². The number of halogens is 1. The largest absolute Gasteiger partial charge is 0.466 e. The van der Waals surface area contributed by atoms with Crippen molar-refractivity contribution >= 4 is 17.5 Å². The molecule has 1 fully saturated rings.